The van der Waals surface area contributed by atoms with Gasteiger partial charge in [-0.1, -0.05) is 36.2 Å². The lowest BCUT2D eigenvalue weighted by atomic mass is 9.74. The van der Waals surface area contributed by atoms with Crippen molar-refractivity contribution in [3.8, 4) is 5.75 Å². The highest BCUT2D eigenvalue weighted by Gasteiger charge is 2.44. The normalized spacial score (nSPS) is 22.2. The van der Waals surface area contributed by atoms with E-state index >= 15 is 0 Å². The number of likely N-dealkylation sites (N-methyl/N-ethyl adjacent to an activating group) is 1. The zero-order chi connectivity index (χ0) is 23.4. The van der Waals surface area contributed by atoms with E-state index in [9.17, 15) is 14.0 Å². The van der Waals surface area contributed by atoms with Crippen LogP contribution in [-0.2, 0) is 11.2 Å². The molecule has 0 N–H and O–H groups in total. The number of carbonyl (C=O) groups is 2. The molecule has 33 heavy (non-hydrogen) atoms. The average molecular weight is 473 g/mol. The van der Waals surface area contributed by atoms with Crippen molar-refractivity contribution in [1.29, 1.82) is 0 Å². The summed E-state index contributed by atoms with van der Waals surface area (Å²) in [7, 11) is 1.81. The Bertz CT molecular complexity index is 1030. The van der Waals surface area contributed by atoms with Crippen LogP contribution in [0.2, 0.25) is 5.02 Å². The fourth-order valence-corrected chi connectivity index (χ4v) is 5.21. The number of benzene rings is 2. The van der Waals surface area contributed by atoms with Crippen LogP contribution in [0.3, 0.4) is 0 Å². The van der Waals surface area contributed by atoms with Crippen LogP contribution in [0, 0.1) is 11.2 Å². The van der Waals surface area contributed by atoms with Crippen molar-refractivity contribution in [2.24, 2.45) is 5.41 Å². The number of ether oxygens (including phenoxy) is 1. The number of nitrogens with zero attached hydrogens (tertiary/aromatic N) is 2. The van der Waals surface area contributed by atoms with Gasteiger partial charge in [0.05, 0.1) is 17.0 Å². The van der Waals surface area contributed by atoms with E-state index < -0.39 is 11.2 Å². The van der Waals surface area contributed by atoms with Crippen molar-refractivity contribution >= 4 is 23.4 Å². The van der Waals surface area contributed by atoms with E-state index in [2.05, 4.69) is 6.07 Å². The maximum Gasteiger partial charge on any atom is 0.253 e. The molecular formula is C26H30ClFN2O3. The number of carbonyl (C=O) groups excluding carboxylic acids is 2. The number of piperidine rings is 1. The third kappa shape index (κ3) is 5.16. The summed E-state index contributed by atoms with van der Waals surface area (Å²) in [4.78, 5) is 30.3. The zero-order valence-electron chi connectivity index (χ0n) is 19.0. The van der Waals surface area contributed by atoms with Gasteiger partial charge in [-0.2, -0.15) is 0 Å². The van der Waals surface area contributed by atoms with Crippen molar-refractivity contribution in [3.63, 3.8) is 0 Å². The Morgan fingerprint density at radius 2 is 1.88 bits per heavy atom. The topological polar surface area (TPSA) is 49.9 Å². The Kier molecular flexibility index (Phi) is 7.23. The van der Waals surface area contributed by atoms with Crippen LogP contribution in [0.25, 0.3) is 0 Å². The maximum absolute atomic E-state index is 13.6. The second-order valence-corrected chi connectivity index (χ2v) is 9.54. The largest absolute Gasteiger partial charge is 0.491 e. The number of fused-ring (bicyclic) bond motifs is 1. The summed E-state index contributed by atoms with van der Waals surface area (Å²) < 4.78 is 19.6. The lowest BCUT2D eigenvalue weighted by Crippen LogP contribution is -2.54. The number of rotatable bonds is 1. The molecule has 2 aliphatic heterocycles. The van der Waals surface area contributed by atoms with Gasteiger partial charge in [0.25, 0.3) is 5.91 Å². The third-order valence-electron chi connectivity index (χ3n) is 6.84. The Hall–Kier alpha value is -2.60. The molecule has 176 valence electrons. The Balaban J connectivity index is 1.54. The number of likely N-dealkylation sites (tertiary alicyclic amines) is 1. The summed E-state index contributed by atoms with van der Waals surface area (Å²) in [6.07, 6.45) is 4.96. The van der Waals surface area contributed by atoms with E-state index in [4.69, 9.17) is 16.3 Å². The van der Waals surface area contributed by atoms with Gasteiger partial charge in [-0.3, -0.25) is 9.59 Å². The van der Waals surface area contributed by atoms with E-state index in [0.717, 1.165) is 44.3 Å². The van der Waals surface area contributed by atoms with Crippen LogP contribution in [0.4, 0.5) is 4.39 Å². The van der Waals surface area contributed by atoms with Gasteiger partial charge in [-0.25, -0.2) is 4.39 Å². The molecule has 4 rings (SSSR count). The van der Waals surface area contributed by atoms with E-state index in [1.807, 2.05) is 25.2 Å². The summed E-state index contributed by atoms with van der Waals surface area (Å²) in [6.45, 7) is 1.84. The van der Waals surface area contributed by atoms with Crippen LogP contribution in [0.5, 0.6) is 5.75 Å². The molecule has 2 aromatic carbocycles. The first-order valence-corrected chi connectivity index (χ1v) is 12.0. The molecule has 1 saturated heterocycles. The van der Waals surface area contributed by atoms with Crippen molar-refractivity contribution in [2.45, 2.75) is 38.5 Å². The molecule has 2 aromatic rings. The predicted octanol–water partition coefficient (Wildman–Crippen LogP) is 4.97. The predicted molar refractivity (Wildman–Crippen MR) is 126 cm³/mol. The highest BCUT2D eigenvalue weighted by molar-refractivity contribution is 6.31. The SMILES string of the molecule is CN1CCOc2ccccc2CCCCC2(CCCN(C(=O)c3ccc(F)c(Cl)c3)C2)C1=O. The third-order valence-corrected chi connectivity index (χ3v) is 7.13. The van der Waals surface area contributed by atoms with Crippen LogP contribution >= 0.6 is 11.6 Å². The molecule has 2 heterocycles. The number of aryl methyl sites for hydroxylation is 1. The fourth-order valence-electron chi connectivity index (χ4n) is 5.03. The highest BCUT2D eigenvalue weighted by atomic mass is 35.5. The van der Waals surface area contributed by atoms with Crippen molar-refractivity contribution in [3.05, 3.63) is 64.4 Å². The summed E-state index contributed by atoms with van der Waals surface area (Å²) in [6, 6.07) is 12.1. The van der Waals surface area contributed by atoms with E-state index in [-0.39, 0.29) is 16.8 Å². The minimum absolute atomic E-state index is 0.0644. The van der Waals surface area contributed by atoms with E-state index in [1.54, 1.807) is 9.80 Å². The lowest BCUT2D eigenvalue weighted by molar-refractivity contribution is -0.144. The number of para-hydroxylation sites is 1. The molecule has 7 heteroatoms. The number of amides is 2. The Morgan fingerprint density at radius 3 is 2.70 bits per heavy atom. The molecule has 0 aromatic heterocycles. The van der Waals surface area contributed by atoms with Gasteiger partial charge in [-0.15, -0.1) is 0 Å². The monoisotopic (exact) mass is 472 g/mol. The molecule has 1 spiro atoms. The van der Waals surface area contributed by atoms with Crippen LogP contribution < -0.4 is 4.74 Å². The van der Waals surface area contributed by atoms with Crippen LogP contribution in [-0.4, -0.2) is 54.9 Å². The highest BCUT2D eigenvalue weighted by Crippen LogP contribution is 2.38. The van der Waals surface area contributed by atoms with Gasteiger partial charge in [0.1, 0.15) is 18.2 Å². The molecular weight excluding hydrogens is 443 g/mol. The smallest absolute Gasteiger partial charge is 0.253 e. The minimum Gasteiger partial charge on any atom is -0.491 e. The van der Waals surface area contributed by atoms with Gasteiger partial charge in [-0.05, 0) is 61.9 Å². The number of hydrogen-bond acceptors (Lipinski definition) is 3. The van der Waals surface area contributed by atoms with Gasteiger partial charge in [0.2, 0.25) is 5.91 Å². The Morgan fingerprint density at radius 1 is 1.09 bits per heavy atom. The maximum atomic E-state index is 13.6. The molecule has 1 atom stereocenters. The van der Waals surface area contributed by atoms with Crippen molar-refractivity contribution < 1.29 is 18.7 Å². The van der Waals surface area contributed by atoms with Gasteiger partial charge in [0, 0.05) is 25.7 Å². The van der Waals surface area contributed by atoms with Gasteiger partial charge in [0.15, 0.2) is 0 Å². The second-order valence-electron chi connectivity index (χ2n) is 9.13. The minimum atomic E-state index is -0.620. The molecule has 0 aliphatic carbocycles. The number of hydrogen-bond donors (Lipinski definition) is 0. The first-order valence-electron chi connectivity index (χ1n) is 11.6. The summed E-state index contributed by atoms with van der Waals surface area (Å²) >= 11 is 5.90. The van der Waals surface area contributed by atoms with Gasteiger partial charge >= 0.3 is 0 Å². The summed E-state index contributed by atoms with van der Waals surface area (Å²) in [5, 5.41) is -0.0744. The van der Waals surface area contributed by atoms with Crippen LogP contribution in [0.1, 0.15) is 48.0 Å². The molecule has 0 saturated carbocycles. The van der Waals surface area contributed by atoms with E-state index in [1.165, 1.54) is 23.8 Å². The molecule has 5 nitrogen and oxygen atoms in total. The fraction of sp³-hybridized carbons (Fsp3) is 0.462. The quantitative estimate of drug-likeness (QED) is 0.589. The van der Waals surface area contributed by atoms with Crippen molar-refractivity contribution in [2.75, 3.05) is 33.3 Å². The summed E-state index contributed by atoms with van der Waals surface area (Å²) in [5.74, 6) is 0.189. The Labute approximate surface area is 199 Å². The molecule has 1 fully saturated rings. The van der Waals surface area contributed by atoms with Gasteiger partial charge < -0.3 is 14.5 Å². The number of halogens is 2. The second kappa shape index (κ2) is 10.1. The van der Waals surface area contributed by atoms with E-state index in [0.29, 0.717) is 31.8 Å². The first kappa shape index (κ1) is 23.6. The molecule has 0 bridgehead atoms. The average Bonchev–Trinajstić information content (AvgIpc) is 2.83. The standard InChI is InChI=1S/C26H30ClFN2O3/c1-29-15-16-33-23-9-3-2-7-19(23)8-4-5-12-26(25(29)32)13-6-14-30(18-26)24(31)20-10-11-22(28)21(27)17-20/h2-3,7,9-11,17H,4-6,8,12-16,18H2,1H3. The molecule has 2 aliphatic rings. The summed E-state index contributed by atoms with van der Waals surface area (Å²) in [5.41, 5.74) is 0.915. The van der Waals surface area contributed by atoms with Crippen molar-refractivity contribution in [1.82, 2.24) is 9.80 Å². The molecule has 1 unspecified atom stereocenters. The molecule has 2 amide bonds. The first-order chi connectivity index (χ1) is 15.9. The lowest BCUT2D eigenvalue weighted by Gasteiger charge is -2.44. The molecule has 0 radical (unpaired) electrons. The van der Waals surface area contributed by atoms with Crippen LogP contribution in [0.15, 0.2) is 42.5 Å². The zero-order valence-corrected chi connectivity index (χ0v) is 19.7.